The van der Waals surface area contributed by atoms with Crippen molar-refractivity contribution in [3.8, 4) is 0 Å². The fourth-order valence-corrected chi connectivity index (χ4v) is 2.69. The lowest BCUT2D eigenvalue weighted by molar-refractivity contribution is -0.130. The number of likely N-dealkylation sites (tertiary alicyclic amines) is 1. The van der Waals surface area contributed by atoms with E-state index in [1.165, 1.54) is 11.1 Å². The second kappa shape index (κ2) is 6.20. The highest BCUT2D eigenvalue weighted by molar-refractivity contribution is 5.77. The van der Waals surface area contributed by atoms with Gasteiger partial charge in [-0.1, -0.05) is 36.8 Å². The van der Waals surface area contributed by atoms with Crippen LogP contribution >= 0.6 is 0 Å². The first-order valence-electron chi connectivity index (χ1n) is 7.20. The molecule has 0 saturated carbocycles. The number of nitrogens with two attached hydrogens (primary N) is 1. The van der Waals surface area contributed by atoms with E-state index in [0.717, 1.165) is 25.9 Å². The van der Waals surface area contributed by atoms with E-state index >= 15 is 0 Å². The lowest BCUT2D eigenvalue weighted by Gasteiger charge is -2.20. The van der Waals surface area contributed by atoms with Gasteiger partial charge in [-0.2, -0.15) is 0 Å². The lowest BCUT2D eigenvalue weighted by Crippen LogP contribution is -2.32. The molecule has 1 saturated heterocycles. The van der Waals surface area contributed by atoms with Crippen LogP contribution in [0.4, 0.5) is 0 Å². The summed E-state index contributed by atoms with van der Waals surface area (Å²) in [7, 11) is 0. The molecule has 2 N–H and O–H groups in total. The maximum absolute atomic E-state index is 12.3. The summed E-state index contributed by atoms with van der Waals surface area (Å²) in [6, 6.07) is 8.70. The van der Waals surface area contributed by atoms with E-state index in [1.54, 1.807) is 0 Å². The Morgan fingerprint density at radius 1 is 1.42 bits per heavy atom. The van der Waals surface area contributed by atoms with Crippen molar-refractivity contribution in [3.63, 3.8) is 0 Å². The summed E-state index contributed by atoms with van der Waals surface area (Å²) in [5.41, 5.74) is 8.39. The Balaban J connectivity index is 1.99. The summed E-state index contributed by atoms with van der Waals surface area (Å²) in [5, 5.41) is 0. The number of carbonyl (C=O) groups excluding carboxylic acids is 1. The highest BCUT2D eigenvalue weighted by atomic mass is 16.2. The third-order valence-electron chi connectivity index (χ3n) is 4.04. The molecular weight excluding hydrogens is 236 g/mol. The van der Waals surface area contributed by atoms with Gasteiger partial charge in [-0.3, -0.25) is 4.79 Å². The van der Waals surface area contributed by atoms with Crippen molar-refractivity contribution in [2.45, 2.75) is 45.1 Å². The van der Waals surface area contributed by atoms with E-state index in [2.05, 4.69) is 38.1 Å². The molecule has 2 rings (SSSR count). The van der Waals surface area contributed by atoms with E-state index in [-0.39, 0.29) is 11.9 Å². The van der Waals surface area contributed by atoms with E-state index in [4.69, 9.17) is 5.73 Å². The molecular formula is C16H24N2O. The molecule has 3 heteroatoms. The van der Waals surface area contributed by atoms with Gasteiger partial charge in [0, 0.05) is 25.6 Å². The maximum Gasteiger partial charge on any atom is 0.223 e. The second-order valence-corrected chi connectivity index (χ2v) is 5.61. The molecule has 1 fully saturated rings. The van der Waals surface area contributed by atoms with Crippen LogP contribution < -0.4 is 5.73 Å². The van der Waals surface area contributed by atoms with Crippen LogP contribution in [-0.2, 0) is 4.79 Å². The monoisotopic (exact) mass is 260 g/mol. The Labute approximate surface area is 115 Å². The highest BCUT2D eigenvalue weighted by Crippen LogP contribution is 2.25. The first kappa shape index (κ1) is 14.1. The fourth-order valence-electron chi connectivity index (χ4n) is 2.69. The third-order valence-corrected chi connectivity index (χ3v) is 4.04. The largest absolute Gasteiger partial charge is 0.341 e. The first-order chi connectivity index (χ1) is 9.10. The molecule has 1 heterocycles. The number of rotatable bonds is 4. The van der Waals surface area contributed by atoms with Crippen LogP contribution in [0.3, 0.4) is 0 Å². The van der Waals surface area contributed by atoms with Gasteiger partial charge in [-0.15, -0.1) is 0 Å². The van der Waals surface area contributed by atoms with Gasteiger partial charge in [0.2, 0.25) is 5.91 Å². The van der Waals surface area contributed by atoms with Crippen molar-refractivity contribution in [1.29, 1.82) is 0 Å². The summed E-state index contributed by atoms with van der Waals surface area (Å²) < 4.78 is 0. The summed E-state index contributed by atoms with van der Waals surface area (Å²) in [6.07, 6.45) is 2.54. The Bertz CT molecular complexity index is 427. The molecule has 104 valence electrons. The molecule has 3 nitrogen and oxygen atoms in total. The first-order valence-corrected chi connectivity index (χ1v) is 7.20. The third kappa shape index (κ3) is 3.57. The van der Waals surface area contributed by atoms with Crippen LogP contribution in [0.25, 0.3) is 0 Å². The lowest BCUT2D eigenvalue weighted by atomic mass is 9.92. The SMILES string of the molecule is CCC(CC(=O)N1CC[C@@H](N)C1)c1ccc(C)cc1. The number of aryl methyl sites for hydroxylation is 1. The average Bonchev–Trinajstić information content (AvgIpc) is 2.84. The Kier molecular flexibility index (Phi) is 4.59. The van der Waals surface area contributed by atoms with Gasteiger partial charge in [0.25, 0.3) is 0 Å². The molecule has 1 unspecified atom stereocenters. The molecule has 0 radical (unpaired) electrons. The Morgan fingerprint density at radius 2 is 2.11 bits per heavy atom. The molecule has 1 aromatic rings. The van der Waals surface area contributed by atoms with Crippen LogP contribution in [0, 0.1) is 6.92 Å². The molecule has 0 bridgehead atoms. The smallest absolute Gasteiger partial charge is 0.223 e. The van der Waals surface area contributed by atoms with Gasteiger partial charge in [0.05, 0.1) is 0 Å². The number of carbonyl (C=O) groups is 1. The fraction of sp³-hybridized carbons (Fsp3) is 0.562. The maximum atomic E-state index is 12.3. The summed E-state index contributed by atoms with van der Waals surface area (Å²) >= 11 is 0. The van der Waals surface area contributed by atoms with E-state index < -0.39 is 0 Å². The highest BCUT2D eigenvalue weighted by Gasteiger charge is 2.25. The van der Waals surface area contributed by atoms with E-state index in [1.807, 2.05) is 4.90 Å². The Morgan fingerprint density at radius 3 is 2.63 bits per heavy atom. The molecule has 1 aliphatic heterocycles. The van der Waals surface area contributed by atoms with Crippen molar-refractivity contribution < 1.29 is 4.79 Å². The summed E-state index contributed by atoms with van der Waals surface area (Å²) in [6.45, 7) is 5.78. The molecule has 0 spiro atoms. The van der Waals surface area contributed by atoms with Gasteiger partial charge >= 0.3 is 0 Å². The van der Waals surface area contributed by atoms with Crippen molar-refractivity contribution in [3.05, 3.63) is 35.4 Å². The predicted molar refractivity (Wildman–Crippen MR) is 78.0 cm³/mol. The van der Waals surface area contributed by atoms with Gasteiger partial charge in [0.15, 0.2) is 0 Å². The zero-order valence-electron chi connectivity index (χ0n) is 11.9. The minimum atomic E-state index is 0.170. The summed E-state index contributed by atoms with van der Waals surface area (Å²) in [4.78, 5) is 14.2. The van der Waals surface area contributed by atoms with Crippen LogP contribution in [0.15, 0.2) is 24.3 Å². The minimum Gasteiger partial charge on any atom is -0.341 e. The standard InChI is InChI=1S/C16H24N2O/c1-3-13(14-6-4-12(2)5-7-14)10-16(19)18-9-8-15(17)11-18/h4-7,13,15H,3,8-11,17H2,1-2H3/t13?,15-/m1/s1. The Hall–Kier alpha value is -1.35. The normalized spacial score (nSPS) is 20.6. The molecule has 0 aromatic heterocycles. The molecule has 1 aromatic carbocycles. The summed E-state index contributed by atoms with van der Waals surface area (Å²) in [5.74, 6) is 0.574. The number of benzene rings is 1. The van der Waals surface area contributed by atoms with Crippen LogP contribution in [0.2, 0.25) is 0 Å². The van der Waals surface area contributed by atoms with Gasteiger partial charge in [0.1, 0.15) is 0 Å². The average molecular weight is 260 g/mol. The molecule has 2 atom stereocenters. The van der Waals surface area contributed by atoms with Crippen molar-refractivity contribution in [2.75, 3.05) is 13.1 Å². The molecule has 1 amide bonds. The minimum absolute atomic E-state index is 0.170. The number of hydrogen-bond donors (Lipinski definition) is 1. The van der Waals surface area contributed by atoms with E-state index in [9.17, 15) is 4.79 Å². The van der Waals surface area contributed by atoms with Crippen molar-refractivity contribution in [2.24, 2.45) is 5.73 Å². The molecule has 1 aliphatic rings. The number of amides is 1. The van der Waals surface area contributed by atoms with Crippen molar-refractivity contribution in [1.82, 2.24) is 4.90 Å². The number of nitrogens with zero attached hydrogens (tertiary/aromatic N) is 1. The number of hydrogen-bond acceptors (Lipinski definition) is 2. The quantitative estimate of drug-likeness (QED) is 0.904. The van der Waals surface area contributed by atoms with Gasteiger partial charge in [-0.05, 0) is 31.2 Å². The van der Waals surface area contributed by atoms with Crippen molar-refractivity contribution >= 4 is 5.91 Å². The van der Waals surface area contributed by atoms with E-state index in [0.29, 0.717) is 12.3 Å². The second-order valence-electron chi connectivity index (χ2n) is 5.61. The zero-order valence-corrected chi connectivity index (χ0v) is 11.9. The molecule has 0 aliphatic carbocycles. The predicted octanol–water partition coefficient (Wildman–Crippen LogP) is 2.44. The van der Waals surface area contributed by atoms with Crippen LogP contribution in [0.1, 0.15) is 43.2 Å². The van der Waals surface area contributed by atoms with Crippen LogP contribution in [-0.4, -0.2) is 29.9 Å². The topological polar surface area (TPSA) is 46.3 Å². The van der Waals surface area contributed by atoms with Crippen LogP contribution in [0.5, 0.6) is 0 Å². The van der Waals surface area contributed by atoms with Gasteiger partial charge < -0.3 is 10.6 Å². The zero-order chi connectivity index (χ0) is 13.8. The van der Waals surface area contributed by atoms with Gasteiger partial charge in [-0.25, -0.2) is 0 Å². The molecule has 19 heavy (non-hydrogen) atoms.